The van der Waals surface area contributed by atoms with E-state index in [4.69, 9.17) is 0 Å². The maximum absolute atomic E-state index is 3.15. The molecule has 0 amide bonds. The number of hydrogen-bond donors (Lipinski definition) is 0. The topological polar surface area (TPSA) is 0 Å². The fourth-order valence-corrected chi connectivity index (χ4v) is 1.06. The minimum absolute atomic E-state index is 0. The SMILES string of the molecule is Cl.[CH3-].[Mg+2].[c-]1cccc2ccccc12. The first-order chi connectivity index (χ1) is 4.97. The van der Waals surface area contributed by atoms with E-state index in [0.29, 0.717) is 0 Å². The Morgan fingerprint density at radius 2 is 1.54 bits per heavy atom. The molecule has 0 saturated carbocycles. The molecule has 0 bridgehead atoms. The molecule has 0 fully saturated rings. The van der Waals surface area contributed by atoms with Crippen LogP contribution in [0.4, 0.5) is 0 Å². The Bertz CT molecular complexity index is 281. The first-order valence-electron chi connectivity index (χ1n) is 3.32. The Kier molecular flexibility index (Phi) is 8.43. The van der Waals surface area contributed by atoms with Crippen LogP contribution in [0.15, 0.2) is 42.5 Å². The van der Waals surface area contributed by atoms with Crippen LogP contribution < -0.4 is 0 Å². The van der Waals surface area contributed by atoms with Crippen molar-refractivity contribution in [3.05, 3.63) is 56.0 Å². The fourth-order valence-electron chi connectivity index (χ4n) is 1.06. The molecule has 0 saturated heterocycles. The van der Waals surface area contributed by atoms with Crippen molar-refractivity contribution >= 4 is 46.2 Å². The van der Waals surface area contributed by atoms with Gasteiger partial charge >= 0.3 is 23.1 Å². The average molecular weight is 203 g/mol. The van der Waals surface area contributed by atoms with E-state index in [-0.39, 0.29) is 42.9 Å². The van der Waals surface area contributed by atoms with Gasteiger partial charge in [-0.05, 0) is 0 Å². The summed E-state index contributed by atoms with van der Waals surface area (Å²) in [6.07, 6.45) is 0. The van der Waals surface area contributed by atoms with E-state index < -0.39 is 0 Å². The van der Waals surface area contributed by atoms with E-state index >= 15 is 0 Å². The Morgan fingerprint density at radius 3 is 2.23 bits per heavy atom. The van der Waals surface area contributed by atoms with Crippen molar-refractivity contribution in [2.24, 2.45) is 0 Å². The van der Waals surface area contributed by atoms with Gasteiger partial charge in [0, 0.05) is 0 Å². The molecule has 0 spiro atoms. The summed E-state index contributed by atoms with van der Waals surface area (Å²) in [4.78, 5) is 0. The summed E-state index contributed by atoms with van der Waals surface area (Å²) in [5, 5.41) is 2.44. The van der Waals surface area contributed by atoms with Crippen LogP contribution in [0.25, 0.3) is 10.8 Å². The van der Waals surface area contributed by atoms with Gasteiger partial charge in [0.05, 0.1) is 0 Å². The molecule has 2 aromatic carbocycles. The molecule has 0 radical (unpaired) electrons. The number of fused-ring (bicyclic) bond motifs is 1. The van der Waals surface area contributed by atoms with E-state index in [1.807, 2.05) is 24.3 Å². The smallest absolute Gasteiger partial charge is 0.358 e. The van der Waals surface area contributed by atoms with E-state index in [9.17, 15) is 0 Å². The van der Waals surface area contributed by atoms with Crippen LogP contribution in [-0.4, -0.2) is 23.1 Å². The summed E-state index contributed by atoms with van der Waals surface area (Å²) in [6, 6.07) is 17.4. The van der Waals surface area contributed by atoms with Gasteiger partial charge in [-0.3, -0.25) is 0 Å². The third-order valence-electron chi connectivity index (χ3n) is 1.57. The Morgan fingerprint density at radius 1 is 0.923 bits per heavy atom. The van der Waals surface area contributed by atoms with Crippen LogP contribution in [0.5, 0.6) is 0 Å². The normalized spacial score (nSPS) is 7.69. The minimum atomic E-state index is 0. The molecule has 0 aliphatic heterocycles. The van der Waals surface area contributed by atoms with Crippen LogP contribution in [-0.2, 0) is 0 Å². The zero-order valence-electron chi connectivity index (χ0n) is 7.66. The summed E-state index contributed by atoms with van der Waals surface area (Å²) in [7, 11) is 0. The van der Waals surface area contributed by atoms with Crippen LogP contribution in [0.1, 0.15) is 0 Å². The standard InChI is InChI=1S/C10H7.CH3.ClH.Mg/c1-2-6-10-8-4-3-7-9(10)5-1;;;/h1-7H;1H3;1H;/q2*-1;;+2. The van der Waals surface area contributed by atoms with E-state index in [1.54, 1.807) is 0 Å². The molecule has 2 rings (SSSR count). The number of halogens is 1. The molecular weight excluding hydrogens is 192 g/mol. The molecule has 0 aliphatic carbocycles. The first kappa shape index (κ1) is 15.2. The van der Waals surface area contributed by atoms with Crippen LogP contribution in [0.3, 0.4) is 0 Å². The third kappa shape index (κ3) is 3.55. The number of hydrogen-bond acceptors (Lipinski definition) is 0. The van der Waals surface area contributed by atoms with E-state index in [2.05, 4.69) is 24.3 Å². The molecule has 0 heterocycles. The second kappa shape index (κ2) is 7.19. The second-order valence-electron chi connectivity index (χ2n) is 2.26. The van der Waals surface area contributed by atoms with Crippen molar-refractivity contribution in [1.82, 2.24) is 0 Å². The molecule has 0 atom stereocenters. The molecule has 0 unspecified atom stereocenters. The summed E-state index contributed by atoms with van der Waals surface area (Å²) >= 11 is 0. The monoisotopic (exact) mass is 202 g/mol. The average Bonchev–Trinajstić information content (AvgIpc) is 2.05. The van der Waals surface area contributed by atoms with Crippen molar-refractivity contribution < 1.29 is 0 Å². The van der Waals surface area contributed by atoms with E-state index in [0.717, 1.165) is 0 Å². The maximum atomic E-state index is 3.15. The van der Waals surface area contributed by atoms with Gasteiger partial charge in [0.2, 0.25) is 0 Å². The molecule has 0 N–H and O–H groups in total. The molecule has 0 nitrogen and oxygen atoms in total. The molecule has 64 valence electrons. The summed E-state index contributed by atoms with van der Waals surface area (Å²) in [5.41, 5.74) is 0. The van der Waals surface area contributed by atoms with Crippen molar-refractivity contribution in [3.63, 3.8) is 0 Å². The van der Waals surface area contributed by atoms with Gasteiger partial charge < -0.3 is 7.43 Å². The van der Waals surface area contributed by atoms with Crippen LogP contribution in [0.2, 0.25) is 0 Å². The molecule has 0 aromatic heterocycles. The van der Waals surface area contributed by atoms with Crippen LogP contribution >= 0.6 is 12.4 Å². The predicted molar refractivity (Wildman–Crippen MR) is 62.2 cm³/mol. The Labute approximate surface area is 102 Å². The molecule has 0 aliphatic rings. The van der Waals surface area contributed by atoms with E-state index in [1.165, 1.54) is 10.8 Å². The quantitative estimate of drug-likeness (QED) is 0.455. The van der Waals surface area contributed by atoms with Crippen LogP contribution in [0, 0.1) is 13.5 Å². The van der Waals surface area contributed by atoms with Gasteiger partial charge in [-0.25, -0.2) is 0 Å². The summed E-state index contributed by atoms with van der Waals surface area (Å²) in [5.74, 6) is 0. The molecule has 13 heavy (non-hydrogen) atoms. The van der Waals surface area contributed by atoms with Crippen molar-refractivity contribution in [3.8, 4) is 0 Å². The largest absolute Gasteiger partial charge is 2.00 e. The van der Waals surface area contributed by atoms with Gasteiger partial charge in [0.15, 0.2) is 0 Å². The first-order valence-corrected chi connectivity index (χ1v) is 3.32. The zero-order chi connectivity index (χ0) is 6.81. The zero-order valence-corrected chi connectivity index (χ0v) is 9.89. The third-order valence-corrected chi connectivity index (χ3v) is 1.57. The number of rotatable bonds is 0. The Balaban J connectivity index is 0. The summed E-state index contributed by atoms with van der Waals surface area (Å²) < 4.78 is 0. The fraction of sp³-hybridized carbons (Fsp3) is 0. The van der Waals surface area contributed by atoms with Gasteiger partial charge in [0.25, 0.3) is 0 Å². The van der Waals surface area contributed by atoms with Crippen molar-refractivity contribution in [2.75, 3.05) is 0 Å². The minimum Gasteiger partial charge on any atom is -0.358 e. The maximum Gasteiger partial charge on any atom is 2.00 e. The molecule has 2 aromatic rings. The van der Waals surface area contributed by atoms with Gasteiger partial charge in [0.1, 0.15) is 0 Å². The Hall–Kier alpha value is -0.244. The van der Waals surface area contributed by atoms with Gasteiger partial charge in [-0.2, -0.15) is 0 Å². The summed E-state index contributed by atoms with van der Waals surface area (Å²) in [6.45, 7) is 0. The second-order valence-corrected chi connectivity index (χ2v) is 2.26. The van der Waals surface area contributed by atoms with Gasteiger partial charge in [-0.15, -0.1) is 59.6 Å². The molecule has 2 heteroatoms. The molecular formula is C11H11ClMg. The number of benzene rings is 2. The van der Waals surface area contributed by atoms with Crippen molar-refractivity contribution in [1.29, 1.82) is 0 Å². The van der Waals surface area contributed by atoms with Crippen molar-refractivity contribution in [2.45, 2.75) is 0 Å². The van der Waals surface area contributed by atoms with Gasteiger partial charge in [-0.1, -0.05) is 12.1 Å². The predicted octanol–water partition coefficient (Wildman–Crippen LogP) is 3.13.